The Morgan fingerprint density at radius 3 is 3.00 bits per heavy atom. The van der Waals surface area contributed by atoms with E-state index in [9.17, 15) is 4.79 Å². The summed E-state index contributed by atoms with van der Waals surface area (Å²) >= 11 is 1.39. The summed E-state index contributed by atoms with van der Waals surface area (Å²) < 4.78 is 11.7. The molecule has 0 amide bonds. The molecule has 1 N–H and O–H groups in total. The molecular formula is C17H21N5O2S. The van der Waals surface area contributed by atoms with E-state index >= 15 is 0 Å². The lowest BCUT2D eigenvalue weighted by molar-refractivity contribution is 0.182. The Kier molecular flexibility index (Phi) is 3.82. The van der Waals surface area contributed by atoms with Crippen molar-refractivity contribution in [3.63, 3.8) is 0 Å². The van der Waals surface area contributed by atoms with E-state index in [2.05, 4.69) is 19.8 Å². The van der Waals surface area contributed by atoms with Crippen molar-refractivity contribution in [1.82, 2.24) is 19.1 Å². The maximum absolute atomic E-state index is 12.6. The first-order chi connectivity index (χ1) is 12.3. The molecule has 3 aliphatic rings. The van der Waals surface area contributed by atoms with Crippen LogP contribution in [0.5, 0.6) is 0 Å². The summed E-state index contributed by atoms with van der Waals surface area (Å²) in [4.78, 5) is 17.2. The fourth-order valence-corrected chi connectivity index (χ4v) is 4.40. The van der Waals surface area contributed by atoms with Gasteiger partial charge >= 0.3 is 0 Å². The van der Waals surface area contributed by atoms with E-state index in [4.69, 9.17) is 4.74 Å². The monoisotopic (exact) mass is 359 g/mol. The molecule has 2 aromatic heterocycles. The lowest BCUT2D eigenvalue weighted by atomic mass is 9.97. The van der Waals surface area contributed by atoms with Gasteiger partial charge < -0.3 is 10.1 Å². The molecule has 1 saturated carbocycles. The van der Waals surface area contributed by atoms with Crippen molar-refractivity contribution < 1.29 is 4.74 Å². The summed E-state index contributed by atoms with van der Waals surface area (Å²) in [6.45, 7) is 1.05. The molecule has 0 spiro atoms. The second-order valence-corrected chi connectivity index (χ2v) is 7.95. The Labute approximate surface area is 149 Å². The van der Waals surface area contributed by atoms with E-state index in [0.29, 0.717) is 19.1 Å². The van der Waals surface area contributed by atoms with Crippen molar-refractivity contribution >= 4 is 16.7 Å². The molecule has 0 bridgehead atoms. The van der Waals surface area contributed by atoms with Gasteiger partial charge in [-0.15, -0.1) is 0 Å². The third-order valence-electron chi connectivity index (χ3n) is 5.29. The first kappa shape index (κ1) is 15.5. The summed E-state index contributed by atoms with van der Waals surface area (Å²) in [5.74, 6) is 1.50. The second-order valence-electron chi connectivity index (χ2n) is 7.19. The molecule has 0 aromatic carbocycles. The molecule has 2 fully saturated rings. The Morgan fingerprint density at radius 1 is 1.24 bits per heavy atom. The minimum absolute atomic E-state index is 0.00755. The average Bonchev–Trinajstić information content (AvgIpc) is 3.20. The maximum Gasteiger partial charge on any atom is 0.267 e. The van der Waals surface area contributed by atoms with E-state index in [1.165, 1.54) is 24.4 Å². The third kappa shape index (κ3) is 2.97. The normalized spacial score (nSPS) is 25.8. The van der Waals surface area contributed by atoms with Crippen molar-refractivity contribution in [2.24, 2.45) is 0 Å². The highest BCUT2D eigenvalue weighted by Crippen LogP contribution is 2.39. The van der Waals surface area contributed by atoms with E-state index < -0.39 is 0 Å². The number of fused-ring (bicyclic) bond motifs is 1. The quantitative estimate of drug-likeness (QED) is 0.898. The summed E-state index contributed by atoms with van der Waals surface area (Å²) in [6.07, 6.45) is 6.61. The summed E-state index contributed by atoms with van der Waals surface area (Å²) in [5, 5.41) is 8.91. The van der Waals surface area contributed by atoms with Crippen LogP contribution in [0, 0.1) is 0 Å². The predicted molar refractivity (Wildman–Crippen MR) is 94.3 cm³/mol. The molecule has 132 valence electrons. The van der Waals surface area contributed by atoms with Crippen LogP contribution in [-0.2, 0) is 17.6 Å². The molecule has 2 aliphatic carbocycles. The number of hydrogen-bond donors (Lipinski definition) is 1. The standard InChI is InChI=1S/C17H21N5O2S/c23-15-7-11-3-1-2-4-12(11)20-22(15)14-9-24-8-13(14)18-17-19-16(21-25-17)10-5-6-10/h7,10,13-14H,1-6,8-9H2,(H,18,19,21). The molecule has 3 heterocycles. The molecule has 7 nitrogen and oxygen atoms in total. The molecule has 8 heteroatoms. The van der Waals surface area contributed by atoms with Crippen molar-refractivity contribution in [2.45, 2.75) is 56.5 Å². The highest BCUT2D eigenvalue weighted by Gasteiger charge is 2.34. The van der Waals surface area contributed by atoms with Gasteiger partial charge in [-0.3, -0.25) is 4.79 Å². The fraction of sp³-hybridized carbons (Fsp3) is 0.647. The van der Waals surface area contributed by atoms with Gasteiger partial charge in [0.15, 0.2) is 0 Å². The van der Waals surface area contributed by atoms with Gasteiger partial charge in [0.1, 0.15) is 11.9 Å². The topological polar surface area (TPSA) is 81.9 Å². The van der Waals surface area contributed by atoms with E-state index in [0.717, 1.165) is 47.9 Å². The van der Waals surface area contributed by atoms with E-state index in [-0.39, 0.29) is 17.6 Å². The van der Waals surface area contributed by atoms with Crippen LogP contribution in [0.4, 0.5) is 5.13 Å². The van der Waals surface area contributed by atoms with Gasteiger partial charge in [0, 0.05) is 23.5 Å². The van der Waals surface area contributed by atoms with Crippen molar-refractivity contribution in [1.29, 1.82) is 0 Å². The minimum atomic E-state index is -0.104. The van der Waals surface area contributed by atoms with Crippen molar-refractivity contribution in [3.8, 4) is 0 Å². The SMILES string of the molecule is O=c1cc2c(nn1C1COCC1Nc1nc(C3CC3)ns1)CCCC2. The van der Waals surface area contributed by atoms with Crippen LogP contribution in [0.1, 0.15) is 54.7 Å². The smallest absolute Gasteiger partial charge is 0.267 e. The van der Waals surface area contributed by atoms with Gasteiger partial charge in [0.25, 0.3) is 5.56 Å². The Balaban J connectivity index is 1.39. The number of hydrogen-bond acceptors (Lipinski definition) is 7. The molecule has 2 unspecified atom stereocenters. The van der Waals surface area contributed by atoms with Crippen LogP contribution in [-0.4, -0.2) is 38.4 Å². The van der Waals surface area contributed by atoms with E-state index in [1.54, 1.807) is 10.7 Å². The van der Waals surface area contributed by atoms with Crippen molar-refractivity contribution in [3.05, 3.63) is 33.5 Å². The van der Waals surface area contributed by atoms with Crippen molar-refractivity contribution in [2.75, 3.05) is 18.5 Å². The van der Waals surface area contributed by atoms with Crippen LogP contribution in [0.3, 0.4) is 0 Å². The average molecular weight is 359 g/mol. The second kappa shape index (κ2) is 6.17. The van der Waals surface area contributed by atoms with Gasteiger partial charge in [0.05, 0.1) is 24.9 Å². The first-order valence-electron chi connectivity index (χ1n) is 9.07. The minimum Gasteiger partial charge on any atom is -0.377 e. The van der Waals surface area contributed by atoms with Gasteiger partial charge in [-0.05, 0) is 44.1 Å². The molecule has 1 saturated heterocycles. The summed E-state index contributed by atoms with van der Waals surface area (Å²) in [5.41, 5.74) is 2.16. The first-order valence-corrected chi connectivity index (χ1v) is 9.85. The summed E-state index contributed by atoms with van der Waals surface area (Å²) in [7, 11) is 0. The Hall–Kier alpha value is -1.80. The summed E-state index contributed by atoms with van der Waals surface area (Å²) in [6, 6.07) is 1.66. The van der Waals surface area contributed by atoms with Crippen LogP contribution in [0.15, 0.2) is 10.9 Å². The van der Waals surface area contributed by atoms with Crippen LogP contribution in [0.25, 0.3) is 0 Å². The van der Waals surface area contributed by atoms with Gasteiger partial charge in [-0.1, -0.05) is 0 Å². The lowest BCUT2D eigenvalue weighted by Gasteiger charge is -2.22. The highest BCUT2D eigenvalue weighted by atomic mass is 32.1. The number of rotatable bonds is 4. The molecule has 25 heavy (non-hydrogen) atoms. The zero-order valence-corrected chi connectivity index (χ0v) is 14.8. The zero-order chi connectivity index (χ0) is 16.8. The maximum atomic E-state index is 12.6. The number of anilines is 1. The lowest BCUT2D eigenvalue weighted by Crippen LogP contribution is -2.38. The van der Waals surface area contributed by atoms with Gasteiger partial charge in [0.2, 0.25) is 5.13 Å². The molecule has 2 atom stereocenters. The van der Waals surface area contributed by atoms with Gasteiger partial charge in [-0.25, -0.2) is 9.67 Å². The van der Waals surface area contributed by atoms with Crippen LogP contribution in [0.2, 0.25) is 0 Å². The largest absolute Gasteiger partial charge is 0.377 e. The predicted octanol–water partition coefficient (Wildman–Crippen LogP) is 1.90. The highest BCUT2D eigenvalue weighted by molar-refractivity contribution is 7.09. The zero-order valence-electron chi connectivity index (χ0n) is 14.0. The van der Waals surface area contributed by atoms with Crippen LogP contribution >= 0.6 is 11.5 Å². The van der Waals surface area contributed by atoms with Gasteiger partial charge in [-0.2, -0.15) is 9.47 Å². The molecule has 5 rings (SSSR count). The number of nitrogens with one attached hydrogen (secondary N) is 1. The third-order valence-corrected chi connectivity index (χ3v) is 5.95. The molecular weight excluding hydrogens is 338 g/mol. The number of nitrogens with zero attached hydrogens (tertiary/aromatic N) is 4. The molecule has 2 aromatic rings. The number of aromatic nitrogens is 4. The molecule has 1 aliphatic heterocycles. The van der Waals surface area contributed by atoms with Crippen LogP contribution < -0.4 is 10.9 Å². The Bertz CT molecular complexity index is 844. The molecule has 0 radical (unpaired) electrons. The fourth-order valence-electron chi connectivity index (χ4n) is 3.70. The van der Waals surface area contributed by atoms with E-state index in [1.807, 2.05) is 0 Å². The number of ether oxygens (including phenoxy) is 1. The number of aryl methyl sites for hydroxylation is 2. The Morgan fingerprint density at radius 2 is 2.12 bits per heavy atom.